The number of carbonyl (C=O) groups excluding carboxylic acids is 1. The van der Waals surface area contributed by atoms with Gasteiger partial charge in [-0.25, -0.2) is 4.98 Å². The van der Waals surface area contributed by atoms with E-state index >= 15 is 0 Å². The van der Waals surface area contributed by atoms with Crippen molar-refractivity contribution >= 4 is 34.3 Å². The van der Waals surface area contributed by atoms with Gasteiger partial charge >= 0.3 is 0 Å². The Labute approximate surface area is 191 Å². The third-order valence-electron chi connectivity index (χ3n) is 5.41. The van der Waals surface area contributed by atoms with Gasteiger partial charge in [0.15, 0.2) is 5.16 Å². The van der Waals surface area contributed by atoms with Crippen LogP contribution in [0, 0.1) is 20.8 Å². The third kappa shape index (κ3) is 4.92. The molecule has 4 rings (SSSR count). The van der Waals surface area contributed by atoms with Crippen LogP contribution in [0.2, 0.25) is 0 Å². The van der Waals surface area contributed by atoms with Gasteiger partial charge in [-0.1, -0.05) is 59.8 Å². The number of hydrogen-bond donors (Lipinski definition) is 1. The molecular weight excluding hydrogens is 418 g/mol. The quantitative estimate of drug-likeness (QED) is 0.333. The van der Waals surface area contributed by atoms with Gasteiger partial charge in [-0.15, -0.1) is 0 Å². The molecule has 0 aliphatic heterocycles. The summed E-state index contributed by atoms with van der Waals surface area (Å²) in [5.41, 5.74) is 5.77. The zero-order chi connectivity index (χ0) is 22.7. The van der Waals surface area contributed by atoms with Gasteiger partial charge in [0.2, 0.25) is 5.91 Å². The van der Waals surface area contributed by atoms with Crippen molar-refractivity contribution in [2.75, 3.05) is 11.1 Å². The number of nitrogens with zero attached hydrogens (tertiary/aromatic N) is 2. The van der Waals surface area contributed by atoms with Crippen LogP contribution in [0.15, 0.2) is 76.7 Å². The second-order valence-electron chi connectivity index (χ2n) is 7.92. The zero-order valence-corrected chi connectivity index (χ0v) is 19.2. The van der Waals surface area contributed by atoms with Gasteiger partial charge in [0.05, 0.1) is 23.2 Å². The van der Waals surface area contributed by atoms with Crippen molar-refractivity contribution in [2.24, 2.45) is 0 Å². The van der Waals surface area contributed by atoms with Crippen LogP contribution in [0.3, 0.4) is 0 Å². The summed E-state index contributed by atoms with van der Waals surface area (Å²) in [6, 6.07) is 21.2. The molecule has 0 spiro atoms. The minimum atomic E-state index is -0.137. The fourth-order valence-corrected chi connectivity index (χ4v) is 4.22. The minimum Gasteiger partial charge on any atom is -0.325 e. The highest BCUT2D eigenvalue weighted by Crippen LogP contribution is 2.20. The Morgan fingerprint density at radius 3 is 2.47 bits per heavy atom. The number of nitrogens with one attached hydrogen (secondary N) is 1. The van der Waals surface area contributed by atoms with E-state index in [0.717, 1.165) is 22.4 Å². The van der Waals surface area contributed by atoms with Crippen LogP contribution >= 0.6 is 11.8 Å². The van der Waals surface area contributed by atoms with Crippen LogP contribution in [-0.2, 0) is 11.3 Å². The van der Waals surface area contributed by atoms with Crippen molar-refractivity contribution in [3.8, 4) is 0 Å². The van der Waals surface area contributed by atoms with Crippen LogP contribution in [0.1, 0.15) is 22.3 Å². The van der Waals surface area contributed by atoms with E-state index in [4.69, 9.17) is 4.98 Å². The molecule has 1 aromatic heterocycles. The van der Waals surface area contributed by atoms with E-state index in [1.165, 1.54) is 17.3 Å². The van der Waals surface area contributed by atoms with Crippen molar-refractivity contribution in [3.63, 3.8) is 0 Å². The summed E-state index contributed by atoms with van der Waals surface area (Å²) in [4.78, 5) is 30.5. The standard InChI is InChI=1S/C26H25N3O2S/c1-17-8-11-20(12-9-17)15-29-25(31)22-6-4-5-7-23(22)28-26(29)32-16-24(30)27-21-13-10-18(2)19(3)14-21/h4-14H,15-16H2,1-3H3,(H,27,30). The molecule has 5 nitrogen and oxygen atoms in total. The first kappa shape index (κ1) is 21.8. The Morgan fingerprint density at radius 1 is 0.969 bits per heavy atom. The van der Waals surface area contributed by atoms with Crippen molar-refractivity contribution in [3.05, 3.63) is 99.3 Å². The number of rotatable bonds is 6. The lowest BCUT2D eigenvalue weighted by molar-refractivity contribution is -0.113. The molecule has 3 aromatic carbocycles. The van der Waals surface area contributed by atoms with E-state index in [-0.39, 0.29) is 17.2 Å². The number of carbonyl (C=O) groups is 1. The molecule has 0 radical (unpaired) electrons. The Morgan fingerprint density at radius 2 is 1.72 bits per heavy atom. The highest BCUT2D eigenvalue weighted by molar-refractivity contribution is 7.99. The van der Waals surface area contributed by atoms with Crippen LogP contribution in [0.4, 0.5) is 5.69 Å². The van der Waals surface area contributed by atoms with Crippen LogP contribution in [0.25, 0.3) is 10.9 Å². The lowest BCUT2D eigenvalue weighted by Crippen LogP contribution is -2.25. The Bertz CT molecular complexity index is 1340. The number of hydrogen-bond acceptors (Lipinski definition) is 4. The number of aromatic nitrogens is 2. The molecule has 0 fully saturated rings. The maximum atomic E-state index is 13.2. The molecule has 6 heteroatoms. The molecule has 32 heavy (non-hydrogen) atoms. The summed E-state index contributed by atoms with van der Waals surface area (Å²) in [7, 11) is 0. The van der Waals surface area contributed by atoms with E-state index in [0.29, 0.717) is 22.6 Å². The number of amides is 1. The largest absolute Gasteiger partial charge is 0.325 e. The molecular formula is C26H25N3O2S. The third-order valence-corrected chi connectivity index (χ3v) is 6.39. The summed E-state index contributed by atoms with van der Waals surface area (Å²) >= 11 is 1.27. The normalized spacial score (nSPS) is 11.0. The summed E-state index contributed by atoms with van der Waals surface area (Å²) < 4.78 is 1.65. The van der Waals surface area contributed by atoms with Gasteiger partial charge in [0, 0.05) is 5.69 Å². The molecule has 1 N–H and O–H groups in total. The number of fused-ring (bicyclic) bond motifs is 1. The van der Waals surface area contributed by atoms with Crippen molar-refractivity contribution in [1.29, 1.82) is 0 Å². The fourth-order valence-electron chi connectivity index (χ4n) is 3.42. The summed E-state index contributed by atoms with van der Waals surface area (Å²) in [6.45, 7) is 6.49. The Balaban J connectivity index is 1.60. The maximum Gasteiger partial charge on any atom is 0.262 e. The van der Waals surface area contributed by atoms with E-state index in [1.807, 2.05) is 81.4 Å². The van der Waals surface area contributed by atoms with Gasteiger partial charge in [0.1, 0.15) is 0 Å². The smallest absolute Gasteiger partial charge is 0.262 e. The minimum absolute atomic E-state index is 0.103. The number of benzene rings is 3. The summed E-state index contributed by atoms with van der Waals surface area (Å²) in [5, 5.41) is 4.04. The molecule has 0 saturated heterocycles. The van der Waals surface area contributed by atoms with E-state index in [9.17, 15) is 9.59 Å². The van der Waals surface area contributed by atoms with Gasteiger partial charge in [-0.3, -0.25) is 14.2 Å². The van der Waals surface area contributed by atoms with Crippen LogP contribution in [-0.4, -0.2) is 21.2 Å². The first-order chi connectivity index (χ1) is 15.4. The average Bonchev–Trinajstić information content (AvgIpc) is 2.78. The lowest BCUT2D eigenvalue weighted by Gasteiger charge is -2.14. The van der Waals surface area contributed by atoms with Crippen LogP contribution in [0.5, 0.6) is 0 Å². The van der Waals surface area contributed by atoms with Gasteiger partial charge < -0.3 is 5.32 Å². The average molecular weight is 444 g/mol. The van der Waals surface area contributed by atoms with Crippen molar-refractivity contribution < 1.29 is 4.79 Å². The first-order valence-corrected chi connectivity index (χ1v) is 11.4. The predicted molar refractivity (Wildman–Crippen MR) is 132 cm³/mol. The van der Waals surface area contributed by atoms with Crippen molar-refractivity contribution in [2.45, 2.75) is 32.5 Å². The highest BCUT2D eigenvalue weighted by atomic mass is 32.2. The molecule has 1 amide bonds. The molecule has 1 heterocycles. The van der Waals surface area contributed by atoms with Gasteiger partial charge in [-0.05, 0) is 61.7 Å². The Hall–Kier alpha value is -3.38. The van der Waals surface area contributed by atoms with E-state index in [2.05, 4.69) is 5.32 Å². The SMILES string of the molecule is Cc1ccc(Cn2c(SCC(=O)Nc3ccc(C)c(C)c3)nc3ccccc3c2=O)cc1. The number of thioether (sulfide) groups is 1. The number of anilines is 1. The monoisotopic (exact) mass is 443 g/mol. The predicted octanol–water partition coefficient (Wildman–Crippen LogP) is 5.10. The van der Waals surface area contributed by atoms with E-state index < -0.39 is 0 Å². The first-order valence-electron chi connectivity index (χ1n) is 10.5. The maximum absolute atomic E-state index is 13.2. The number of aryl methyl sites for hydroxylation is 3. The highest BCUT2D eigenvalue weighted by Gasteiger charge is 2.14. The topological polar surface area (TPSA) is 64.0 Å². The van der Waals surface area contributed by atoms with Crippen LogP contribution < -0.4 is 10.9 Å². The lowest BCUT2D eigenvalue weighted by atomic mass is 10.1. The molecule has 0 aliphatic rings. The Kier molecular flexibility index (Phi) is 6.42. The summed E-state index contributed by atoms with van der Waals surface area (Å²) in [5.74, 6) is 0.0218. The van der Waals surface area contributed by atoms with E-state index in [1.54, 1.807) is 10.6 Å². The second kappa shape index (κ2) is 9.40. The van der Waals surface area contributed by atoms with Gasteiger partial charge in [-0.2, -0.15) is 0 Å². The molecule has 0 aliphatic carbocycles. The number of para-hydroxylation sites is 1. The fraction of sp³-hybridized carbons (Fsp3) is 0.192. The summed E-state index contributed by atoms with van der Waals surface area (Å²) in [6.07, 6.45) is 0. The van der Waals surface area contributed by atoms with Crippen molar-refractivity contribution in [1.82, 2.24) is 9.55 Å². The molecule has 0 unspecified atom stereocenters. The second-order valence-corrected chi connectivity index (χ2v) is 8.87. The molecule has 0 saturated carbocycles. The molecule has 0 atom stereocenters. The van der Waals surface area contributed by atoms with Gasteiger partial charge in [0.25, 0.3) is 5.56 Å². The zero-order valence-electron chi connectivity index (χ0n) is 18.4. The molecule has 0 bridgehead atoms. The molecule has 162 valence electrons. The molecule has 4 aromatic rings.